The van der Waals surface area contributed by atoms with Gasteiger partial charge in [0.15, 0.2) is 28.5 Å². The summed E-state index contributed by atoms with van der Waals surface area (Å²) in [6.07, 6.45) is -12.1. The minimum atomic E-state index is -4.64. The molecule has 50 heteroatoms. The number of hydrogen-bond acceptors (Lipinski definition) is 16. The number of nitrogens with zero attached hydrogens (tertiary/aromatic N) is 15. The lowest BCUT2D eigenvalue weighted by Crippen LogP contribution is -2.43. The lowest BCUT2D eigenvalue weighted by molar-refractivity contribution is -0.142. The Bertz CT molecular complexity index is 5410. The van der Waals surface area contributed by atoms with Gasteiger partial charge in [-0.25, -0.2) is 8.78 Å². The number of alkyl halides is 15. The summed E-state index contributed by atoms with van der Waals surface area (Å²) in [6.45, 7) is 14.4. The number of hydrogen-bond donors (Lipinski definition) is 5. The van der Waals surface area contributed by atoms with Crippen LogP contribution in [0.1, 0.15) is 173 Å². The number of aromatic nitrogens is 10. The molecule has 0 radical (unpaired) electrons. The second-order valence-electron chi connectivity index (χ2n) is 33.7. The lowest BCUT2D eigenvalue weighted by atomic mass is 10.1. The fraction of sp³-hybridized carbons (Fsp3) is 0.457. The Labute approximate surface area is 840 Å². The molecule has 0 bridgehead atoms. The normalized spacial score (nSPS) is 15.4. The van der Waals surface area contributed by atoms with E-state index in [1.807, 2.05) is 25.5 Å². The number of carbonyl (C=O) groups is 5. The maximum atomic E-state index is 14.2. The molecule has 5 amide bonds. The predicted octanol–water partition coefficient (Wildman–Crippen LogP) is 20.7. The van der Waals surface area contributed by atoms with Crippen LogP contribution < -0.4 is 0 Å². The molecule has 10 heterocycles. The molecule has 5 aromatic heterocycles. The van der Waals surface area contributed by atoms with E-state index in [0.717, 1.165) is 141 Å². The molecule has 5 aliphatic heterocycles. The van der Waals surface area contributed by atoms with Crippen LogP contribution in [0.4, 0.5) is 74.6 Å². The van der Waals surface area contributed by atoms with Crippen molar-refractivity contribution in [1.29, 1.82) is 0 Å². The van der Waals surface area contributed by atoms with E-state index in [4.69, 9.17) is 85.9 Å². The number of nitrogens with one attached hydrogen (secondary N) is 5. The topological polar surface area (TPSA) is 270 Å². The zero-order valence-corrected chi connectivity index (χ0v) is 81.3. The zero-order chi connectivity index (χ0) is 103. The second kappa shape index (κ2) is 52.2. The predicted molar refractivity (Wildman–Crippen MR) is 498 cm³/mol. The number of halogens is 24. The molecule has 0 atom stereocenters. The fourth-order valence-electron chi connectivity index (χ4n) is 15.8. The highest BCUT2D eigenvalue weighted by atomic mass is 35.5. The van der Waals surface area contributed by atoms with E-state index in [0.29, 0.717) is 120 Å². The Kier molecular flexibility index (Phi) is 41.4. The van der Waals surface area contributed by atoms with E-state index >= 15 is 0 Å². The van der Waals surface area contributed by atoms with Crippen molar-refractivity contribution in [3.63, 3.8) is 0 Å². The van der Waals surface area contributed by atoms with Gasteiger partial charge in [-0.05, 0) is 164 Å². The number of amides is 5. The van der Waals surface area contributed by atoms with Crippen LogP contribution in [0.15, 0.2) is 127 Å². The van der Waals surface area contributed by atoms with Crippen molar-refractivity contribution in [3.05, 3.63) is 259 Å². The fourth-order valence-corrected chi connectivity index (χ4v) is 17.5. The van der Waals surface area contributed by atoms with Crippen LogP contribution in [0.25, 0.3) is 0 Å². The smallest absolute Gasteiger partial charge is 0.379 e. The van der Waals surface area contributed by atoms with E-state index in [2.05, 4.69) is 50.0 Å². The van der Waals surface area contributed by atoms with Gasteiger partial charge in [0.25, 0.3) is 29.5 Å². The first-order valence-corrected chi connectivity index (χ1v) is 47.7. The van der Waals surface area contributed by atoms with Gasteiger partial charge >= 0.3 is 30.9 Å². The minimum absolute atomic E-state index is 0.0827. The van der Waals surface area contributed by atoms with Crippen molar-refractivity contribution in [2.45, 2.75) is 128 Å². The van der Waals surface area contributed by atoms with Crippen LogP contribution in [-0.4, -0.2) is 274 Å². The molecule has 15 rings (SSSR count). The average Bonchev–Trinajstić information content (AvgIpc) is 1.47. The van der Waals surface area contributed by atoms with Gasteiger partial charge in [0.05, 0.1) is 26.3 Å². The lowest BCUT2D eigenvalue weighted by Gasteiger charge is -2.30. The van der Waals surface area contributed by atoms with Gasteiger partial charge in [-0.1, -0.05) is 137 Å². The van der Waals surface area contributed by atoms with E-state index < -0.39 is 101 Å². The summed E-state index contributed by atoms with van der Waals surface area (Å²) in [7, 11) is 0. The highest BCUT2D eigenvalue weighted by Crippen LogP contribution is 2.37. The first kappa shape index (κ1) is 112. The number of morpholine rings is 1. The Morgan fingerprint density at radius 3 is 0.732 bits per heavy atom. The highest BCUT2D eigenvalue weighted by molar-refractivity contribution is 6.37. The molecule has 5 N–H and O–H groups in total. The first-order valence-electron chi connectivity index (χ1n) is 45.1. The molecule has 0 unspecified atom stereocenters. The van der Waals surface area contributed by atoms with E-state index in [-0.39, 0.29) is 95.5 Å². The quantitative estimate of drug-likeness (QED) is 0.0262. The SMILES string of the molecule is O=C(c1cc(C(F)(F)F)[nH]n1)N(CCN1CCCC1)Cc1c(Cl)cccc1Cl.O=C(c1cc(C(F)(F)F)[nH]n1)N(CCN1CCCC1)Cc1c(F)cccc1Cl.O=C(c1cc(C(F)(F)F)[nH]n1)N(CCN1CCCCC1)Cc1c(Cl)cccc1Cl.O=C(c1cc(C(F)(F)F)[nH]n1)N(CCN1CCCCC1)Cc1c(F)cccc1Cl.O=C(c1cc(C(F)(F)F)[nH]n1)N(CCN1CCOCC1)Cc1ccccc1Cl. The van der Waals surface area contributed by atoms with Crippen LogP contribution in [0, 0.1) is 11.6 Å². The number of ether oxygens (including phenoxy) is 1. The monoisotopic (exact) mass is 2150 g/mol. The Balaban J connectivity index is 0.000000169. The molecule has 0 aliphatic carbocycles. The van der Waals surface area contributed by atoms with Crippen molar-refractivity contribution in [2.75, 3.05) is 144 Å². The van der Waals surface area contributed by atoms with Gasteiger partial charge in [0.2, 0.25) is 0 Å². The summed E-state index contributed by atoms with van der Waals surface area (Å²) in [6, 6.07) is 28.9. The summed E-state index contributed by atoms with van der Waals surface area (Å²) < 4.78 is 226. The van der Waals surface area contributed by atoms with Crippen molar-refractivity contribution >= 4 is 111 Å². The summed E-state index contributed by atoms with van der Waals surface area (Å²) in [5.74, 6) is -4.39. The molecule has 5 aliphatic rings. The van der Waals surface area contributed by atoms with Gasteiger partial charge in [-0.2, -0.15) is 91.3 Å². The summed E-state index contributed by atoms with van der Waals surface area (Å²) in [5, 5.41) is 29.4. The van der Waals surface area contributed by atoms with Crippen molar-refractivity contribution in [1.82, 2.24) is 100.0 Å². The number of aromatic amines is 5. The van der Waals surface area contributed by atoms with Gasteiger partial charge in [-0.15, -0.1) is 0 Å². The zero-order valence-electron chi connectivity index (χ0n) is 76.0. The van der Waals surface area contributed by atoms with Crippen LogP contribution in [0.3, 0.4) is 0 Å². The number of piperidine rings is 2. The van der Waals surface area contributed by atoms with Gasteiger partial charge < -0.3 is 48.8 Å². The van der Waals surface area contributed by atoms with E-state index in [1.165, 1.54) is 67.3 Å². The molecule has 26 nitrogen and oxygen atoms in total. The van der Waals surface area contributed by atoms with Gasteiger partial charge in [0, 0.05) is 186 Å². The van der Waals surface area contributed by atoms with Crippen LogP contribution in [-0.2, 0) is 68.3 Å². The Morgan fingerprint density at radius 2 is 0.493 bits per heavy atom. The Morgan fingerprint density at radius 1 is 0.282 bits per heavy atom. The molecule has 772 valence electrons. The van der Waals surface area contributed by atoms with Crippen molar-refractivity contribution < 1.29 is 103 Å². The number of benzene rings is 5. The molecule has 10 aromatic rings. The number of carbonyl (C=O) groups excluding carboxylic acids is 5. The van der Waals surface area contributed by atoms with Gasteiger partial charge in [-0.3, -0.25) is 54.4 Å². The number of likely N-dealkylation sites (tertiary alicyclic amines) is 4. The van der Waals surface area contributed by atoms with Crippen molar-refractivity contribution in [3.8, 4) is 0 Å². The summed E-state index contributed by atoms with van der Waals surface area (Å²) in [4.78, 5) is 82.2. The van der Waals surface area contributed by atoms with Gasteiger partial charge in [0.1, 0.15) is 40.1 Å². The standard InChI is InChI=1S/C19H21Cl2F3N4O.C19H21ClF4N4O.C18H19Cl2F3N4O.C18H19ClF4N4O.C18H20ClF3N4O2/c2*20-14-5-4-6-15(21)13(14)12-28(10-9-27-7-2-1-3-8-27)18(29)16-11-17(26-25-16)19(22,23)24;2*19-13-4-3-5-14(20)12(13)11-27(9-8-26-6-1-2-7-26)17(28)15-10-16(25-24-15)18(21,22)23;19-14-4-2-1-3-13(14)12-26(6-5-25-7-9-28-10-8-25)17(27)15-11-16(24-23-15)18(20,21)22/h2*4-6,11H,1-3,7-10,12H2,(H,25,26);2*3-5,10H,1-2,6-9,11H2,(H,24,25);1-4,11H,5-10,12H2,(H,23,24). The number of H-pyrrole nitrogens is 5. The second-order valence-corrected chi connectivity index (χ2v) is 36.6. The average molecular weight is 2150 g/mol. The molecular weight excluding hydrogens is 2050 g/mol. The molecule has 5 aromatic carbocycles. The third kappa shape index (κ3) is 33.3. The maximum Gasteiger partial charge on any atom is 0.432 e. The van der Waals surface area contributed by atoms with Crippen LogP contribution >= 0.6 is 81.2 Å². The molecule has 5 saturated heterocycles. The molecule has 0 spiro atoms. The third-order valence-corrected chi connectivity index (χ3v) is 26.2. The third-order valence-electron chi connectivity index (χ3n) is 23.7. The highest BCUT2D eigenvalue weighted by Gasteiger charge is 2.41. The van der Waals surface area contributed by atoms with Crippen LogP contribution in [0.5, 0.6) is 0 Å². The Hall–Kier alpha value is -9.90. The van der Waals surface area contributed by atoms with E-state index in [1.54, 1.807) is 60.7 Å². The van der Waals surface area contributed by atoms with E-state index in [9.17, 15) is 98.6 Å². The van der Waals surface area contributed by atoms with Crippen LogP contribution in [0.2, 0.25) is 35.2 Å². The largest absolute Gasteiger partial charge is 0.432 e. The molecule has 0 saturated carbocycles. The minimum Gasteiger partial charge on any atom is -0.379 e. The molecule has 5 fully saturated rings. The molecule has 142 heavy (non-hydrogen) atoms. The maximum absolute atomic E-state index is 14.2. The summed E-state index contributed by atoms with van der Waals surface area (Å²) in [5.41, 5.74) is -4.96. The molecular formula is C92H100Cl7F17N20O6. The first-order chi connectivity index (χ1) is 67.4. The number of rotatable bonds is 30. The van der Waals surface area contributed by atoms with Crippen molar-refractivity contribution in [2.24, 2.45) is 0 Å². The summed E-state index contributed by atoms with van der Waals surface area (Å²) >= 11 is 43.2.